The van der Waals surface area contributed by atoms with Crippen molar-refractivity contribution in [3.05, 3.63) is 47.7 Å². The Balaban J connectivity index is 1.43. The molecule has 4 atom stereocenters. The predicted octanol–water partition coefficient (Wildman–Crippen LogP) is 3.00. The monoisotopic (exact) mass is 449 g/mol. The molecule has 0 amide bonds. The van der Waals surface area contributed by atoms with Gasteiger partial charge in [-0.3, -0.25) is 0 Å². The maximum absolute atomic E-state index is 11.5. The van der Waals surface area contributed by atoms with Gasteiger partial charge in [-0.25, -0.2) is 23.5 Å². The largest absolute Gasteiger partial charge is 0.473 e. The number of nitrogens with two attached hydrogens (primary N) is 1. The van der Waals surface area contributed by atoms with Crippen molar-refractivity contribution in [2.75, 3.05) is 5.32 Å². The molecule has 0 bridgehead atoms. The highest BCUT2D eigenvalue weighted by Crippen LogP contribution is 2.52. The second-order valence-electron chi connectivity index (χ2n) is 8.51. The molecule has 0 saturated heterocycles. The van der Waals surface area contributed by atoms with Gasteiger partial charge in [0.1, 0.15) is 11.8 Å². The fraction of sp³-hybridized carbons (Fsp3) is 0.348. The van der Waals surface area contributed by atoms with Crippen molar-refractivity contribution in [3.8, 4) is 18.2 Å². The molecule has 2 heterocycles. The SMILES string of the molecule is C#Cc1ccc2nc(N[C@H](C)c3ccc(S(N)(=O)=O)cc3)nc(OC3C[C@@H]4C[C@@H]4C3)c2n1. The number of terminal acetylenes is 1. The smallest absolute Gasteiger partial charge is 0.245 e. The number of sulfonamides is 1. The Morgan fingerprint density at radius 1 is 1.09 bits per heavy atom. The quantitative estimate of drug-likeness (QED) is 0.555. The minimum Gasteiger partial charge on any atom is -0.473 e. The van der Waals surface area contributed by atoms with Gasteiger partial charge in [-0.05, 0) is 67.9 Å². The zero-order chi connectivity index (χ0) is 22.5. The van der Waals surface area contributed by atoms with Crippen LogP contribution in [0.25, 0.3) is 11.0 Å². The van der Waals surface area contributed by atoms with Gasteiger partial charge in [0.25, 0.3) is 0 Å². The topological polar surface area (TPSA) is 120 Å². The van der Waals surface area contributed by atoms with Crippen LogP contribution in [-0.4, -0.2) is 29.5 Å². The number of pyridine rings is 1. The molecule has 1 unspecified atom stereocenters. The van der Waals surface area contributed by atoms with E-state index in [0.29, 0.717) is 28.6 Å². The number of anilines is 1. The first-order valence-corrected chi connectivity index (χ1v) is 12.1. The third-order valence-corrected chi connectivity index (χ3v) is 7.12. The van der Waals surface area contributed by atoms with Crippen LogP contribution in [0.3, 0.4) is 0 Å². The van der Waals surface area contributed by atoms with Gasteiger partial charge in [-0.15, -0.1) is 6.42 Å². The second kappa shape index (κ2) is 7.73. The lowest BCUT2D eigenvalue weighted by Gasteiger charge is -2.18. The first kappa shape index (κ1) is 20.7. The molecule has 2 aromatic heterocycles. The molecule has 1 aromatic carbocycles. The van der Waals surface area contributed by atoms with E-state index in [1.54, 1.807) is 18.2 Å². The number of hydrogen-bond acceptors (Lipinski definition) is 7. The molecule has 32 heavy (non-hydrogen) atoms. The molecule has 2 saturated carbocycles. The van der Waals surface area contributed by atoms with Crippen molar-refractivity contribution in [1.82, 2.24) is 15.0 Å². The molecule has 8 nitrogen and oxygen atoms in total. The summed E-state index contributed by atoms with van der Waals surface area (Å²) in [5.74, 6) is 4.93. The Bertz CT molecular complexity index is 1320. The second-order valence-corrected chi connectivity index (χ2v) is 10.1. The third-order valence-electron chi connectivity index (χ3n) is 6.19. The first-order chi connectivity index (χ1) is 15.3. The van der Waals surface area contributed by atoms with Gasteiger partial charge >= 0.3 is 0 Å². The summed E-state index contributed by atoms with van der Waals surface area (Å²) in [4.78, 5) is 13.8. The summed E-state index contributed by atoms with van der Waals surface area (Å²) in [5.41, 5.74) is 2.55. The maximum atomic E-state index is 11.5. The van der Waals surface area contributed by atoms with E-state index in [1.807, 2.05) is 13.0 Å². The molecule has 3 aromatic rings. The molecular formula is C23H23N5O3S. The Hall–Kier alpha value is -3.22. The molecular weight excluding hydrogens is 426 g/mol. The number of nitrogens with one attached hydrogen (secondary N) is 1. The lowest BCUT2D eigenvalue weighted by molar-refractivity contribution is 0.189. The average molecular weight is 450 g/mol. The zero-order valence-electron chi connectivity index (χ0n) is 17.5. The number of fused-ring (bicyclic) bond motifs is 2. The minimum absolute atomic E-state index is 0.0658. The van der Waals surface area contributed by atoms with E-state index in [0.717, 1.165) is 30.2 Å². The van der Waals surface area contributed by atoms with Crippen LogP contribution >= 0.6 is 0 Å². The Labute approximate surface area is 186 Å². The summed E-state index contributed by atoms with van der Waals surface area (Å²) in [6, 6.07) is 9.75. The summed E-state index contributed by atoms with van der Waals surface area (Å²) in [7, 11) is -3.73. The highest BCUT2D eigenvalue weighted by atomic mass is 32.2. The first-order valence-electron chi connectivity index (χ1n) is 10.5. The molecule has 5 rings (SSSR count). The van der Waals surface area contributed by atoms with E-state index in [4.69, 9.17) is 16.3 Å². The van der Waals surface area contributed by atoms with Gasteiger partial charge in [0.2, 0.25) is 21.9 Å². The molecule has 2 aliphatic carbocycles. The Kier molecular flexibility index (Phi) is 4.99. The van der Waals surface area contributed by atoms with Crippen LogP contribution in [0.4, 0.5) is 5.95 Å². The Morgan fingerprint density at radius 2 is 1.81 bits per heavy atom. The van der Waals surface area contributed by atoms with Gasteiger partial charge in [0, 0.05) is 0 Å². The fourth-order valence-electron chi connectivity index (χ4n) is 4.35. The van der Waals surface area contributed by atoms with E-state index < -0.39 is 10.0 Å². The van der Waals surface area contributed by atoms with E-state index in [1.165, 1.54) is 18.6 Å². The van der Waals surface area contributed by atoms with Crippen LogP contribution in [0.2, 0.25) is 0 Å². The molecule has 9 heteroatoms. The highest BCUT2D eigenvalue weighted by Gasteiger charge is 2.47. The van der Waals surface area contributed by atoms with Crippen LogP contribution in [0, 0.1) is 24.2 Å². The number of nitrogens with zero attached hydrogens (tertiary/aromatic N) is 3. The number of aromatic nitrogens is 3. The third kappa shape index (κ3) is 4.11. The van der Waals surface area contributed by atoms with Gasteiger partial charge in [-0.1, -0.05) is 18.1 Å². The molecule has 2 aliphatic rings. The molecule has 2 fully saturated rings. The lowest BCUT2D eigenvalue weighted by atomic mass is 10.1. The van der Waals surface area contributed by atoms with Crippen molar-refractivity contribution in [3.63, 3.8) is 0 Å². The van der Waals surface area contributed by atoms with Gasteiger partial charge in [0.05, 0.1) is 16.5 Å². The van der Waals surface area contributed by atoms with E-state index in [2.05, 4.69) is 26.2 Å². The van der Waals surface area contributed by atoms with Crippen LogP contribution in [0.15, 0.2) is 41.3 Å². The maximum Gasteiger partial charge on any atom is 0.245 e. The van der Waals surface area contributed by atoms with Crippen LogP contribution in [0.5, 0.6) is 5.88 Å². The van der Waals surface area contributed by atoms with E-state index in [-0.39, 0.29) is 17.0 Å². The van der Waals surface area contributed by atoms with E-state index >= 15 is 0 Å². The van der Waals surface area contributed by atoms with Crippen molar-refractivity contribution < 1.29 is 13.2 Å². The minimum atomic E-state index is -3.73. The lowest BCUT2D eigenvalue weighted by Crippen LogP contribution is -2.17. The summed E-state index contributed by atoms with van der Waals surface area (Å²) < 4.78 is 29.2. The van der Waals surface area contributed by atoms with Gasteiger partial charge in [-0.2, -0.15) is 4.98 Å². The highest BCUT2D eigenvalue weighted by molar-refractivity contribution is 7.89. The van der Waals surface area contributed by atoms with Gasteiger partial charge < -0.3 is 10.1 Å². The number of primary sulfonamides is 1. The summed E-state index contributed by atoms with van der Waals surface area (Å²) in [6.45, 7) is 1.93. The van der Waals surface area contributed by atoms with Crippen LogP contribution in [0.1, 0.15) is 43.5 Å². The predicted molar refractivity (Wildman–Crippen MR) is 120 cm³/mol. The number of hydrogen-bond donors (Lipinski definition) is 2. The van der Waals surface area contributed by atoms with E-state index in [9.17, 15) is 8.42 Å². The summed E-state index contributed by atoms with van der Waals surface area (Å²) >= 11 is 0. The zero-order valence-corrected chi connectivity index (χ0v) is 18.3. The van der Waals surface area contributed by atoms with Crippen molar-refractivity contribution >= 4 is 27.0 Å². The summed E-state index contributed by atoms with van der Waals surface area (Å²) in [5, 5.41) is 8.45. The summed E-state index contributed by atoms with van der Waals surface area (Å²) in [6.07, 6.45) is 9.04. The average Bonchev–Trinajstić information content (AvgIpc) is 3.38. The van der Waals surface area contributed by atoms with Crippen molar-refractivity contribution in [1.29, 1.82) is 0 Å². The number of benzene rings is 1. The molecule has 0 aliphatic heterocycles. The van der Waals surface area contributed by atoms with Crippen molar-refractivity contribution in [2.45, 2.75) is 43.2 Å². The van der Waals surface area contributed by atoms with Crippen LogP contribution in [-0.2, 0) is 10.0 Å². The normalized spacial score (nSPS) is 22.7. The molecule has 0 spiro atoms. The number of rotatable bonds is 6. The number of ether oxygens (including phenoxy) is 1. The fourth-order valence-corrected chi connectivity index (χ4v) is 4.87. The molecule has 0 radical (unpaired) electrons. The van der Waals surface area contributed by atoms with Crippen LogP contribution < -0.4 is 15.2 Å². The Morgan fingerprint density at radius 3 is 2.47 bits per heavy atom. The standard InChI is InChI=1S/C23H23N5O3S/c1-3-17-6-9-20-21(26-17)22(31-18-11-15-10-16(15)12-18)28-23(27-20)25-13(2)14-4-7-19(8-5-14)32(24,29)30/h1,4-9,13,15-16,18H,10-12H2,2H3,(H2,24,29,30)(H,25,27,28)/t13-,15-,16+,18?/m1/s1. The van der Waals surface area contributed by atoms with Gasteiger partial charge in [0.15, 0.2) is 5.52 Å². The van der Waals surface area contributed by atoms with Crippen molar-refractivity contribution in [2.24, 2.45) is 17.0 Å². The molecule has 164 valence electrons. The molecule has 3 N–H and O–H groups in total.